The summed E-state index contributed by atoms with van der Waals surface area (Å²) in [5.74, 6) is 0.126. The second kappa shape index (κ2) is 17.3. The van der Waals surface area contributed by atoms with Gasteiger partial charge in [-0.15, -0.1) is 0 Å². The molecule has 1 aliphatic rings. The van der Waals surface area contributed by atoms with E-state index in [1.807, 2.05) is 35.2 Å². The van der Waals surface area contributed by atoms with Crippen LogP contribution in [0.4, 0.5) is 0 Å². The van der Waals surface area contributed by atoms with Crippen LogP contribution in [0.2, 0.25) is 0 Å². The highest BCUT2D eigenvalue weighted by Gasteiger charge is 2.33. The quantitative estimate of drug-likeness (QED) is 0.245. The lowest BCUT2D eigenvalue weighted by Crippen LogP contribution is -2.57. The molecule has 0 bridgehead atoms. The van der Waals surface area contributed by atoms with Crippen LogP contribution < -0.4 is 10.1 Å². The molecule has 1 aromatic carbocycles. The number of unbranched alkanes of at least 4 members (excludes halogenated alkanes) is 9. The van der Waals surface area contributed by atoms with Crippen LogP contribution in [0, 0.1) is 0 Å². The second-order valence-electron chi connectivity index (χ2n) is 9.19. The maximum Gasteiger partial charge on any atom is 0.307 e. The maximum atomic E-state index is 12.4. The molecular formula is C27H44N2O5. The number of aliphatic hydroxyl groups is 1. The normalized spacial score (nSPS) is 17.2. The standard InChI is InChI=1S/C27H44N2O5/c1-2-3-4-5-6-7-8-9-10-14-19-33-26(31)20-25-27(32)28-17-18-29(25)21-23(30)22-34-24-15-12-11-13-16-24/h11-13,15-16,23,25,30H,2-10,14,17-22H2,1H3,(H,28,32). The predicted octanol–water partition coefficient (Wildman–Crippen LogP) is 4.08. The summed E-state index contributed by atoms with van der Waals surface area (Å²) in [5, 5.41) is 13.2. The molecule has 0 radical (unpaired) electrons. The van der Waals surface area contributed by atoms with E-state index in [1.165, 1.54) is 51.4 Å². The maximum absolute atomic E-state index is 12.4. The molecule has 0 aromatic heterocycles. The third-order valence-electron chi connectivity index (χ3n) is 6.19. The van der Waals surface area contributed by atoms with Crippen molar-refractivity contribution >= 4 is 11.9 Å². The van der Waals surface area contributed by atoms with Crippen LogP contribution in [-0.4, -0.2) is 66.9 Å². The topological polar surface area (TPSA) is 88.1 Å². The molecule has 1 fully saturated rings. The van der Waals surface area contributed by atoms with Crippen molar-refractivity contribution in [2.75, 3.05) is 32.8 Å². The van der Waals surface area contributed by atoms with Gasteiger partial charge in [-0.25, -0.2) is 0 Å². The van der Waals surface area contributed by atoms with Crippen molar-refractivity contribution in [3.05, 3.63) is 30.3 Å². The number of aliphatic hydroxyl groups excluding tert-OH is 1. The number of amides is 1. The van der Waals surface area contributed by atoms with Crippen molar-refractivity contribution in [1.82, 2.24) is 10.2 Å². The van der Waals surface area contributed by atoms with Gasteiger partial charge in [-0.1, -0.05) is 82.9 Å². The third-order valence-corrected chi connectivity index (χ3v) is 6.19. The second-order valence-corrected chi connectivity index (χ2v) is 9.19. The molecule has 1 aliphatic heterocycles. The molecule has 2 atom stereocenters. The van der Waals surface area contributed by atoms with Crippen molar-refractivity contribution in [1.29, 1.82) is 0 Å². The number of nitrogens with one attached hydrogen (secondary N) is 1. The van der Waals surface area contributed by atoms with Gasteiger partial charge in [0.15, 0.2) is 0 Å². The Morgan fingerprint density at radius 2 is 1.71 bits per heavy atom. The molecule has 2 N–H and O–H groups in total. The van der Waals surface area contributed by atoms with Crippen LogP contribution in [0.3, 0.4) is 0 Å². The number of β-amino-alcohol motifs (C(OH)–C–C–N with tert-alkyl or cyclic N) is 1. The van der Waals surface area contributed by atoms with Crippen molar-refractivity contribution in [3.63, 3.8) is 0 Å². The SMILES string of the molecule is CCCCCCCCCCCCOC(=O)CC1C(=O)NCCN1CC(O)COc1ccccc1. The fourth-order valence-electron chi connectivity index (χ4n) is 4.23. The summed E-state index contributed by atoms with van der Waals surface area (Å²) >= 11 is 0. The molecule has 7 heteroatoms. The van der Waals surface area contributed by atoms with Crippen molar-refractivity contribution in [2.45, 2.75) is 89.7 Å². The summed E-state index contributed by atoms with van der Waals surface area (Å²) in [6.07, 6.45) is 11.5. The van der Waals surface area contributed by atoms with Gasteiger partial charge in [-0.3, -0.25) is 14.5 Å². The molecule has 1 heterocycles. The van der Waals surface area contributed by atoms with Gasteiger partial charge >= 0.3 is 5.97 Å². The number of para-hydroxylation sites is 1. The minimum atomic E-state index is -0.767. The Kier molecular flexibility index (Phi) is 14.3. The number of rotatable bonds is 18. The highest BCUT2D eigenvalue weighted by molar-refractivity contribution is 5.87. The summed E-state index contributed by atoms with van der Waals surface area (Å²) in [4.78, 5) is 26.6. The van der Waals surface area contributed by atoms with Crippen LogP contribution in [0.1, 0.15) is 77.6 Å². The highest BCUT2D eigenvalue weighted by Crippen LogP contribution is 2.14. The molecule has 2 rings (SSSR count). The fourth-order valence-corrected chi connectivity index (χ4v) is 4.23. The number of hydrogen-bond donors (Lipinski definition) is 2. The van der Waals surface area contributed by atoms with E-state index in [-0.39, 0.29) is 31.4 Å². The number of esters is 1. The molecule has 0 saturated carbocycles. The van der Waals surface area contributed by atoms with Gasteiger partial charge in [0.2, 0.25) is 5.91 Å². The van der Waals surface area contributed by atoms with Crippen LogP contribution in [0.25, 0.3) is 0 Å². The summed E-state index contributed by atoms with van der Waals surface area (Å²) in [7, 11) is 0. The molecule has 192 valence electrons. The molecule has 1 aromatic rings. The van der Waals surface area contributed by atoms with Crippen LogP contribution in [-0.2, 0) is 14.3 Å². The smallest absolute Gasteiger partial charge is 0.307 e. The largest absolute Gasteiger partial charge is 0.491 e. The van der Waals surface area contributed by atoms with Crippen molar-refractivity contribution < 1.29 is 24.2 Å². The average molecular weight is 477 g/mol. The number of hydrogen-bond acceptors (Lipinski definition) is 6. The van der Waals surface area contributed by atoms with Gasteiger partial charge < -0.3 is 19.9 Å². The van der Waals surface area contributed by atoms with Crippen molar-refractivity contribution in [2.24, 2.45) is 0 Å². The van der Waals surface area contributed by atoms with Gasteiger partial charge in [-0.2, -0.15) is 0 Å². The van der Waals surface area contributed by atoms with E-state index in [1.54, 1.807) is 0 Å². The first-order chi connectivity index (χ1) is 16.6. The highest BCUT2D eigenvalue weighted by atomic mass is 16.5. The first kappa shape index (κ1) is 28.1. The van der Waals surface area contributed by atoms with Gasteiger partial charge in [-0.05, 0) is 18.6 Å². The number of carbonyl (C=O) groups excluding carboxylic acids is 2. The molecule has 1 amide bonds. The number of carbonyl (C=O) groups is 2. The molecule has 2 unspecified atom stereocenters. The zero-order valence-electron chi connectivity index (χ0n) is 20.9. The first-order valence-electron chi connectivity index (χ1n) is 13.1. The Morgan fingerprint density at radius 1 is 1.06 bits per heavy atom. The lowest BCUT2D eigenvalue weighted by molar-refractivity contribution is -0.149. The summed E-state index contributed by atoms with van der Waals surface area (Å²) in [5.41, 5.74) is 0. The molecule has 0 spiro atoms. The molecule has 0 aliphatic carbocycles. The lowest BCUT2D eigenvalue weighted by atomic mass is 10.1. The van der Waals surface area contributed by atoms with E-state index < -0.39 is 12.1 Å². The van der Waals surface area contributed by atoms with E-state index in [9.17, 15) is 14.7 Å². The van der Waals surface area contributed by atoms with Crippen LogP contribution in [0.5, 0.6) is 5.75 Å². The fraction of sp³-hybridized carbons (Fsp3) is 0.704. The Balaban J connectivity index is 1.60. The van der Waals surface area contributed by atoms with E-state index in [0.717, 1.165) is 12.8 Å². The average Bonchev–Trinajstić information content (AvgIpc) is 2.84. The zero-order chi connectivity index (χ0) is 24.4. The van der Waals surface area contributed by atoms with E-state index in [0.29, 0.717) is 25.4 Å². The minimum Gasteiger partial charge on any atom is -0.491 e. The molecule has 34 heavy (non-hydrogen) atoms. The van der Waals surface area contributed by atoms with Crippen LogP contribution in [0.15, 0.2) is 30.3 Å². The van der Waals surface area contributed by atoms with Gasteiger partial charge in [0.05, 0.1) is 19.1 Å². The number of ether oxygens (including phenoxy) is 2. The Morgan fingerprint density at radius 3 is 2.38 bits per heavy atom. The third kappa shape index (κ3) is 11.8. The Hall–Kier alpha value is -2.12. The van der Waals surface area contributed by atoms with Crippen LogP contribution >= 0.6 is 0 Å². The predicted molar refractivity (Wildman–Crippen MR) is 134 cm³/mol. The number of nitrogens with zero attached hydrogens (tertiary/aromatic N) is 1. The first-order valence-corrected chi connectivity index (χ1v) is 13.1. The Bertz CT molecular complexity index is 685. The monoisotopic (exact) mass is 476 g/mol. The molecular weight excluding hydrogens is 432 g/mol. The van der Waals surface area contributed by atoms with Gasteiger partial charge in [0.25, 0.3) is 0 Å². The van der Waals surface area contributed by atoms with E-state index >= 15 is 0 Å². The Labute approximate surface area is 205 Å². The van der Waals surface area contributed by atoms with Gasteiger partial charge in [0, 0.05) is 19.6 Å². The van der Waals surface area contributed by atoms with E-state index in [2.05, 4.69) is 12.2 Å². The number of benzene rings is 1. The van der Waals surface area contributed by atoms with E-state index in [4.69, 9.17) is 9.47 Å². The summed E-state index contributed by atoms with van der Waals surface area (Å²) < 4.78 is 11.0. The minimum absolute atomic E-state index is 0.00411. The lowest BCUT2D eigenvalue weighted by Gasteiger charge is -2.35. The zero-order valence-corrected chi connectivity index (χ0v) is 20.9. The van der Waals surface area contributed by atoms with Crippen molar-refractivity contribution in [3.8, 4) is 5.75 Å². The molecule has 1 saturated heterocycles. The summed E-state index contributed by atoms with van der Waals surface area (Å²) in [6, 6.07) is 8.67. The number of piperazine rings is 1. The molecule has 7 nitrogen and oxygen atoms in total. The summed E-state index contributed by atoms with van der Waals surface area (Å²) in [6.45, 7) is 4.09. The van der Waals surface area contributed by atoms with Gasteiger partial charge in [0.1, 0.15) is 18.5 Å².